The number of amides is 1. The number of anilines is 1. The van der Waals surface area contributed by atoms with E-state index in [1.165, 1.54) is 10.8 Å². The van der Waals surface area contributed by atoms with E-state index in [0.29, 0.717) is 0 Å². The molecule has 2 aromatic carbocycles. The quantitative estimate of drug-likeness (QED) is 0.816. The lowest BCUT2D eigenvalue weighted by Gasteiger charge is -2.32. The molecule has 0 radical (unpaired) electrons. The van der Waals surface area contributed by atoms with Gasteiger partial charge in [0.05, 0.1) is 5.69 Å². The molecular formula is C16H14N2OS. The third kappa shape index (κ3) is 1.51. The minimum absolute atomic E-state index is 0.0865. The molecule has 100 valence electrons. The number of carbonyl (C=O) groups excluding carboxylic acids is 1. The van der Waals surface area contributed by atoms with E-state index in [2.05, 4.69) is 29.6 Å². The molecule has 2 aromatic rings. The zero-order valence-corrected chi connectivity index (χ0v) is 11.7. The predicted octanol–water partition coefficient (Wildman–Crippen LogP) is 2.61. The minimum atomic E-state index is -0.172. The van der Waals surface area contributed by atoms with Gasteiger partial charge in [-0.05, 0) is 24.3 Å². The fraction of sp³-hybridized carbons (Fsp3) is 0.250. The highest BCUT2D eigenvalue weighted by Gasteiger charge is 2.36. The van der Waals surface area contributed by atoms with Crippen molar-refractivity contribution in [2.45, 2.75) is 18.9 Å². The Labute approximate surface area is 122 Å². The highest BCUT2D eigenvalue weighted by Crippen LogP contribution is 2.39. The van der Waals surface area contributed by atoms with Crippen LogP contribution in [0, 0.1) is 0 Å². The minimum Gasteiger partial charge on any atom is -0.354 e. The van der Waals surface area contributed by atoms with Crippen LogP contribution in [0.15, 0.2) is 36.4 Å². The first-order valence-corrected chi connectivity index (χ1v) is 7.31. The molecule has 0 spiro atoms. The van der Waals surface area contributed by atoms with Gasteiger partial charge in [0.2, 0.25) is 5.91 Å². The fourth-order valence-corrected chi connectivity index (χ4v) is 3.65. The van der Waals surface area contributed by atoms with Gasteiger partial charge in [0.25, 0.3) is 0 Å². The molecule has 4 heteroatoms. The molecule has 0 bridgehead atoms. The van der Waals surface area contributed by atoms with Gasteiger partial charge in [-0.1, -0.05) is 42.5 Å². The largest absolute Gasteiger partial charge is 0.354 e. The Kier molecular flexibility index (Phi) is 2.54. The molecule has 0 aromatic heterocycles. The summed E-state index contributed by atoms with van der Waals surface area (Å²) in [6.07, 6.45) is 1.86. The van der Waals surface area contributed by atoms with Crippen LogP contribution in [0.3, 0.4) is 0 Å². The molecule has 2 aliphatic heterocycles. The van der Waals surface area contributed by atoms with E-state index in [1.807, 2.05) is 17.0 Å². The van der Waals surface area contributed by atoms with E-state index in [4.69, 9.17) is 12.2 Å². The molecule has 0 aliphatic carbocycles. The Bertz CT molecular complexity index is 735. The Morgan fingerprint density at radius 1 is 1.20 bits per heavy atom. The lowest BCUT2D eigenvalue weighted by molar-refractivity contribution is -0.123. The lowest BCUT2D eigenvalue weighted by Crippen LogP contribution is -2.51. The van der Waals surface area contributed by atoms with Crippen LogP contribution in [0.25, 0.3) is 10.8 Å². The number of rotatable bonds is 1. The van der Waals surface area contributed by atoms with Gasteiger partial charge in [-0.2, -0.15) is 0 Å². The number of nitrogens with one attached hydrogen (secondary N) is 1. The standard InChI is InChI=1S/C16H14N2OS/c19-15-13(8-3-9-17-15)18-12-7-2-5-10-4-1-6-11(14(10)12)16(18)20/h1-2,4-7,13H,3,8-9H2,(H,17,19). The molecule has 20 heavy (non-hydrogen) atoms. The first-order chi connectivity index (χ1) is 9.77. The van der Waals surface area contributed by atoms with Crippen LogP contribution in [0.5, 0.6) is 0 Å². The van der Waals surface area contributed by atoms with E-state index in [9.17, 15) is 4.79 Å². The number of carbonyl (C=O) groups is 1. The lowest BCUT2D eigenvalue weighted by atomic mass is 10.0. The monoisotopic (exact) mass is 282 g/mol. The normalized spacial score (nSPS) is 21.4. The van der Waals surface area contributed by atoms with Gasteiger partial charge in [0.1, 0.15) is 11.0 Å². The van der Waals surface area contributed by atoms with Crippen LogP contribution in [0.1, 0.15) is 18.4 Å². The summed E-state index contributed by atoms with van der Waals surface area (Å²) < 4.78 is 0. The summed E-state index contributed by atoms with van der Waals surface area (Å²) in [4.78, 5) is 15.0. The van der Waals surface area contributed by atoms with Gasteiger partial charge in [-0.15, -0.1) is 0 Å². The number of hydrogen-bond donors (Lipinski definition) is 1. The van der Waals surface area contributed by atoms with Crippen molar-refractivity contribution >= 4 is 39.6 Å². The molecule has 3 nitrogen and oxygen atoms in total. The van der Waals surface area contributed by atoms with Crippen molar-refractivity contribution in [3.05, 3.63) is 42.0 Å². The van der Waals surface area contributed by atoms with Crippen molar-refractivity contribution < 1.29 is 4.79 Å². The Balaban J connectivity index is 1.90. The fourth-order valence-electron chi connectivity index (χ4n) is 3.25. The molecule has 1 unspecified atom stereocenters. The zero-order valence-electron chi connectivity index (χ0n) is 10.9. The van der Waals surface area contributed by atoms with E-state index in [1.54, 1.807) is 0 Å². The van der Waals surface area contributed by atoms with Gasteiger partial charge in [-0.3, -0.25) is 4.79 Å². The van der Waals surface area contributed by atoms with Crippen LogP contribution in [-0.4, -0.2) is 23.5 Å². The maximum atomic E-state index is 12.2. The summed E-state index contributed by atoms with van der Waals surface area (Å²) in [7, 11) is 0. The average molecular weight is 282 g/mol. The molecule has 1 atom stereocenters. The topological polar surface area (TPSA) is 32.3 Å². The Morgan fingerprint density at radius 3 is 2.80 bits per heavy atom. The number of nitrogens with zero attached hydrogens (tertiary/aromatic N) is 1. The SMILES string of the molecule is O=C1NCCCC1N1C(=S)c2cccc3cccc1c23. The van der Waals surface area contributed by atoms with Crippen LogP contribution in [-0.2, 0) is 4.79 Å². The number of piperidine rings is 1. The van der Waals surface area contributed by atoms with Crippen LogP contribution < -0.4 is 10.2 Å². The van der Waals surface area contributed by atoms with Gasteiger partial charge in [0.15, 0.2) is 0 Å². The molecule has 2 aliphatic rings. The van der Waals surface area contributed by atoms with Crippen molar-refractivity contribution in [3.63, 3.8) is 0 Å². The summed E-state index contributed by atoms with van der Waals surface area (Å²) in [5, 5.41) is 5.31. The second-order valence-electron chi connectivity index (χ2n) is 5.31. The average Bonchev–Trinajstić information content (AvgIpc) is 2.76. The molecule has 1 amide bonds. The smallest absolute Gasteiger partial charge is 0.243 e. The maximum Gasteiger partial charge on any atom is 0.243 e. The second-order valence-corrected chi connectivity index (χ2v) is 5.69. The molecule has 0 saturated carbocycles. The summed E-state index contributed by atoms with van der Waals surface area (Å²) in [5.41, 5.74) is 2.15. The van der Waals surface area contributed by atoms with Crippen LogP contribution in [0.4, 0.5) is 5.69 Å². The van der Waals surface area contributed by atoms with Crippen molar-refractivity contribution in [3.8, 4) is 0 Å². The second kappa shape index (κ2) is 4.28. The summed E-state index contributed by atoms with van der Waals surface area (Å²) in [5.74, 6) is 0.0865. The van der Waals surface area contributed by atoms with Crippen LogP contribution in [0.2, 0.25) is 0 Å². The third-order valence-electron chi connectivity index (χ3n) is 4.16. The number of hydrogen-bond acceptors (Lipinski definition) is 2. The summed E-state index contributed by atoms with van der Waals surface area (Å²) >= 11 is 5.64. The predicted molar refractivity (Wildman–Crippen MR) is 84.2 cm³/mol. The van der Waals surface area contributed by atoms with Gasteiger partial charge in [0, 0.05) is 17.5 Å². The van der Waals surface area contributed by atoms with E-state index in [0.717, 1.165) is 35.6 Å². The first-order valence-electron chi connectivity index (χ1n) is 6.90. The van der Waals surface area contributed by atoms with Gasteiger partial charge in [-0.25, -0.2) is 0 Å². The Morgan fingerprint density at radius 2 is 2.00 bits per heavy atom. The van der Waals surface area contributed by atoms with E-state index < -0.39 is 0 Å². The molecular weight excluding hydrogens is 268 g/mol. The zero-order chi connectivity index (χ0) is 13.7. The molecule has 1 N–H and O–H groups in total. The van der Waals surface area contributed by atoms with Gasteiger partial charge >= 0.3 is 0 Å². The number of benzene rings is 2. The molecule has 4 rings (SSSR count). The van der Waals surface area contributed by atoms with Crippen molar-refractivity contribution in [1.82, 2.24) is 5.32 Å². The van der Waals surface area contributed by atoms with Crippen LogP contribution >= 0.6 is 12.2 Å². The highest BCUT2D eigenvalue weighted by molar-refractivity contribution is 7.81. The maximum absolute atomic E-state index is 12.2. The Hall–Kier alpha value is -1.94. The van der Waals surface area contributed by atoms with E-state index >= 15 is 0 Å². The number of thiocarbonyl (C=S) groups is 1. The van der Waals surface area contributed by atoms with Crippen molar-refractivity contribution in [1.29, 1.82) is 0 Å². The molecule has 1 fully saturated rings. The highest BCUT2D eigenvalue weighted by atomic mass is 32.1. The van der Waals surface area contributed by atoms with E-state index in [-0.39, 0.29) is 11.9 Å². The van der Waals surface area contributed by atoms with Crippen molar-refractivity contribution in [2.75, 3.05) is 11.4 Å². The third-order valence-corrected chi connectivity index (χ3v) is 4.58. The van der Waals surface area contributed by atoms with Crippen molar-refractivity contribution in [2.24, 2.45) is 0 Å². The first kappa shape index (κ1) is 11.9. The summed E-state index contributed by atoms with van der Waals surface area (Å²) in [6, 6.07) is 12.2. The summed E-state index contributed by atoms with van der Waals surface area (Å²) in [6.45, 7) is 0.771. The molecule has 2 heterocycles. The molecule has 1 saturated heterocycles. The van der Waals surface area contributed by atoms with Gasteiger partial charge < -0.3 is 10.2 Å².